The summed E-state index contributed by atoms with van der Waals surface area (Å²) in [4.78, 5) is 0. The molecule has 0 aliphatic carbocycles. The Kier molecular flexibility index (Phi) is 3.68. The highest BCUT2D eigenvalue weighted by Gasteiger charge is 2.13. The number of furan rings is 1. The number of para-hydroxylation sites is 2. The van der Waals surface area contributed by atoms with E-state index in [-0.39, 0.29) is 5.82 Å². The fourth-order valence-electron chi connectivity index (χ4n) is 2.08. The Labute approximate surface area is 128 Å². The van der Waals surface area contributed by atoms with Crippen LogP contribution in [-0.2, 0) is 6.54 Å². The Bertz CT molecular complexity index is 751. The van der Waals surface area contributed by atoms with Crippen molar-refractivity contribution in [3.05, 3.63) is 63.5 Å². The smallest absolute Gasteiger partial charge is 0.199 e. The molecular formula is C15H10BrClFNO. The molecule has 1 N–H and O–H groups in total. The fourth-order valence-corrected chi connectivity index (χ4v) is 2.81. The van der Waals surface area contributed by atoms with Gasteiger partial charge in [-0.15, -0.1) is 0 Å². The average molecular weight is 355 g/mol. The lowest BCUT2D eigenvalue weighted by molar-refractivity contribution is 0.612. The molecule has 3 aromatic rings. The van der Waals surface area contributed by atoms with Gasteiger partial charge in [0.2, 0.25) is 0 Å². The first-order valence-corrected chi connectivity index (χ1v) is 7.17. The number of rotatable bonds is 3. The summed E-state index contributed by atoms with van der Waals surface area (Å²) in [6.45, 7) is 0.384. The normalized spacial score (nSPS) is 10.9. The van der Waals surface area contributed by atoms with E-state index in [1.54, 1.807) is 12.1 Å². The van der Waals surface area contributed by atoms with Gasteiger partial charge in [0, 0.05) is 22.0 Å². The van der Waals surface area contributed by atoms with E-state index in [0.717, 1.165) is 16.5 Å². The highest BCUT2D eigenvalue weighted by molar-refractivity contribution is 9.10. The summed E-state index contributed by atoms with van der Waals surface area (Å²) in [6, 6.07) is 12.4. The Morgan fingerprint density at radius 1 is 1.15 bits per heavy atom. The predicted molar refractivity (Wildman–Crippen MR) is 82.7 cm³/mol. The summed E-state index contributed by atoms with van der Waals surface area (Å²) >= 11 is 9.42. The molecule has 3 rings (SSSR count). The van der Waals surface area contributed by atoms with E-state index < -0.39 is 0 Å². The molecule has 0 fully saturated rings. The van der Waals surface area contributed by atoms with Crippen molar-refractivity contribution in [2.24, 2.45) is 0 Å². The van der Waals surface area contributed by atoms with Crippen molar-refractivity contribution >= 4 is 44.2 Å². The molecule has 0 amide bonds. The molecule has 0 atom stereocenters. The molecule has 102 valence electrons. The quantitative estimate of drug-likeness (QED) is 0.662. The number of anilines is 1. The number of hydrogen-bond donors (Lipinski definition) is 1. The molecular weight excluding hydrogens is 345 g/mol. The highest BCUT2D eigenvalue weighted by atomic mass is 79.9. The molecule has 20 heavy (non-hydrogen) atoms. The van der Waals surface area contributed by atoms with Crippen molar-refractivity contribution in [1.82, 2.24) is 0 Å². The maximum absolute atomic E-state index is 13.7. The Hall–Kier alpha value is -1.52. The van der Waals surface area contributed by atoms with E-state index in [4.69, 9.17) is 16.0 Å². The van der Waals surface area contributed by atoms with Crippen LogP contribution < -0.4 is 5.32 Å². The molecule has 2 aromatic carbocycles. The van der Waals surface area contributed by atoms with Crippen LogP contribution in [0.3, 0.4) is 0 Å². The van der Waals surface area contributed by atoms with Gasteiger partial charge in [-0.3, -0.25) is 0 Å². The van der Waals surface area contributed by atoms with Crippen molar-refractivity contribution in [2.45, 2.75) is 6.54 Å². The molecule has 2 nitrogen and oxygen atoms in total. The minimum absolute atomic E-state index is 0.316. The largest absolute Gasteiger partial charge is 0.444 e. The van der Waals surface area contributed by atoms with Crippen LogP contribution in [-0.4, -0.2) is 0 Å². The lowest BCUT2D eigenvalue weighted by Gasteiger charge is -2.09. The van der Waals surface area contributed by atoms with Crippen molar-refractivity contribution in [1.29, 1.82) is 0 Å². The molecule has 5 heteroatoms. The van der Waals surface area contributed by atoms with Gasteiger partial charge in [0.25, 0.3) is 0 Å². The number of fused-ring (bicyclic) bond motifs is 1. The van der Waals surface area contributed by atoms with E-state index in [2.05, 4.69) is 21.2 Å². The van der Waals surface area contributed by atoms with Gasteiger partial charge < -0.3 is 9.73 Å². The molecule has 0 saturated carbocycles. The average Bonchev–Trinajstić information content (AvgIpc) is 2.74. The summed E-state index contributed by atoms with van der Waals surface area (Å²) in [7, 11) is 0. The van der Waals surface area contributed by atoms with Crippen LogP contribution in [0.2, 0.25) is 5.22 Å². The summed E-state index contributed by atoms with van der Waals surface area (Å²) in [5.74, 6) is -0.316. The second kappa shape index (κ2) is 5.46. The minimum Gasteiger partial charge on any atom is -0.444 e. The van der Waals surface area contributed by atoms with Gasteiger partial charge in [-0.05, 0) is 45.7 Å². The summed E-state index contributed by atoms with van der Waals surface area (Å²) in [5, 5.41) is 4.30. The van der Waals surface area contributed by atoms with Crippen molar-refractivity contribution in [2.75, 3.05) is 5.32 Å². The van der Waals surface area contributed by atoms with E-state index in [1.807, 2.05) is 24.3 Å². The minimum atomic E-state index is -0.316. The molecule has 0 unspecified atom stereocenters. The number of halogens is 3. The van der Waals surface area contributed by atoms with E-state index in [0.29, 0.717) is 21.9 Å². The highest BCUT2D eigenvalue weighted by Crippen LogP contribution is 2.31. The molecule has 0 bridgehead atoms. The standard InChI is InChI=1S/C15H10BrClFNO/c16-11-5-3-6-12(18)14(11)19-8-10-9-4-1-2-7-13(9)20-15(10)17/h1-7,19H,8H2. The first-order valence-electron chi connectivity index (χ1n) is 6.00. The van der Waals surface area contributed by atoms with Crippen LogP contribution in [0.1, 0.15) is 5.56 Å². The third-order valence-electron chi connectivity index (χ3n) is 3.05. The van der Waals surface area contributed by atoms with Crippen LogP contribution in [0.5, 0.6) is 0 Å². The Morgan fingerprint density at radius 2 is 1.95 bits per heavy atom. The summed E-state index contributed by atoms with van der Waals surface area (Å²) in [6.07, 6.45) is 0. The third kappa shape index (κ3) is 2.41. The van der Waals surface area contributed by atoms with Crippen LogP contribution in [0.15, 0.2) is 51.4 Å². The molecule has 1 aromatic heterocycles. The lowest BCUT2D eigenvalue weighted by Crippen LogP contribution is -2.02. The Morgan fingerprint density at radius 3 is 2.75 bits per heavy atom. The van der Waals surface area contributed by atoms with Gasteiger partial charge in [-0.1, -0.05) is 24.3 Å². The second-order valence-electron chi connectivity index (χ2n) is 4.30. The van der Waals surface area contributed by atoms with Gasteiger partial charge in [-0.25, -0.2) is 4.39 Å². The second-order valence-corrected chi connectivity index (χ2v) is 5.50. The van der Waals surface area contributed by atoms with Gasteiger partial charge >= 0.3 is 0 Å². The Balaban J connectivity index is 1.93. The maximum atomic E-state index is 13.7. The molecule has 0 radical (unpaired) electrons. The van der Waals surface area contributed by atoms with Crippen LogP contribution >= 0.6 is 27.5 Å². The van der Waals surface area contributed by atoms with Gasteiger partial charge in [0.1, 0.15) is 11.4 Å². The van der Waals surface area contributed by atoms with E-state index >= 15 is 0 Å². The topological polar surface area (TPSA) is 25.2 Å². The zero-order valence-corrected chi connectivity index (χ0v) is 12.6. The monoisotopic (exact) mass is 353 g/mol. The van der Waals surface area contributed by atoms with Crippen LogP contribution in [0, 0.1) is 5.82 Å². The fraction of sp³-hybridized carbons (Fsp3) is 0.0667. The molecule has 0 aliphatic rings. The summed E-state index contributed by atoms with van der Waals surface area (Å²) < 4.78 is 19.9. The zero-order valence-electron chi connectivity index (χ0n) is 10.3. The molecule has 1 heterocycles. The van der Waals surface area contributed by atoms with Crippen LogP contribution in [0.4, 0.5) is 10.1 Å². The van der Waals surface area contributed by atoms with Crippen molar-refractivity contribution < 1.29 is 8.81 Å². The third-order valence-corrected chi connectivity index (χ3v) is 4.02. The molecule has 0 saturated heterocycles. The molecule has 0 aliphatic heterocycles. The maximum Gasteiger partial charge on any atom is 0.199 e. The van der Waals surface area contributed by atoms with Gasteiger partial charge in [-0.2, -0.15) is 0 Å². The van der Waals surface area contributed by atoms with Gasteiger partial charge in [0.05, 0.1) is 5.69 Å². The summed E-state index contributed by atoms with van der Waals surface area (Å²) in [5.41, 5.74) is 1.95. The van der Waals surface area contributed by atoms with Crippen molar-refractivity contribution in [3.63, 3.8) is 0 Å². The van der Waals surface area contributed by atoms with Crippen LogP contribution in [0.25, 0.3) is 11.0 Å². The first kappa shape index (κ1) is 13.5. The molecule has 0 spiro atoms. The van der Waals surface area contributed by atoms with E-state index in [1.165, 1.54) is 6.07 Å². The predicted octanol–water partition coefficient (Wildman–Crippen LogP) is 5.60. The number of hydrogen-bond acceptors (Lipinski definition) is 2. The number of nitrogens with one attached hydrogen (secondary N) is 1. The van der Waals surface area contributed by atoms with Gasteiger partial charge in [0.15, 0.2) is 5.22 Å². The SMILES string of the molecule is Fc1cccc(Br)c1NCc1c(Cl)oc2ccccc12. The number of benzene rings is 2. The van der Waals surface area contributed by atoms with Crippen molar-refractivity contribution in [3.8, 4) is 0 Å². The first-order chi connectivity index (χ1) is 9.66. The van der Waals surface area contributed by atoms with E-state index in [9.17, 15) is 4.39 Å². The lowest BCUT2D eigenvalue weighted by atomic mass is 10.1. The zero-order chi connectivity index (χ0) is 14.1.